The van der Waals surface area contributed by atoms with E-state index in [0.717, 1.165) is 18.0 Å². The van der Waals surface area contributed by atoms with Crippen molar-refractivity contribution in [2.24, 2.45) is 5.92 Å². The zero-order valence-electron chi connectivity index (χ0n) is 13.0. The van der Waals surface area contributed by atoms with Crippen molar-refractivity contribution in [3.05, 3.63) is 29.3 Å². The van der Waals surface area contributed by atoms with Gasteiger partial charge in [-0.05, 0) is 57.5 Å². The summed E-state index contributed by atoms with van der Waals surface area (Å²) in [5.41, 5.74) is 1.14. The molecule has 0 radical (unpaired) electrons. The molecule has 1 aliphatic heterocycles. The van der Waals surface area contributed by atoms with Crippen LogP contribution < -0.4 is 5.32 Å². The predicted molar refractivity (Wildman–Crippen MR) is 90.9 cm³/mol. The molecular formula is C17H25N3S. The topological polar surface area (TPSA) is 28.2 Å². The molecule has 1 saturated heterocycles. The minimum atomic E-state index is 0.411. The summed E-state index contributed by atoms with van der Waals surface area (Å²) in [4.78, 5) is 7.41. The molecule has 0 spiro atoms. The zero-order chi connectivity index (χ0) is 14.7. The van der Waals surface area contributed by atoms with Gasteiger partial charge in [-0.2, -0.15) is 0 Å². The summed E-state index contributed by atoms with van der Waals surface area (Å²) in [6.45, 7) is 9.20. The Labute approximate surface area is 131 Å². The van der Waals surface area contributed by atoms with Gasteiger partial charge in [0.15, 0.2) is 0 Å². The fourth-order valence-corrected chi connectivity index (χ4v) is 4.25. The van der Waals surface area contributed by atoms with Crippen LogP contribution in [0.2, 0.25) is 0 Å². The molecule has 2 heterocycles. The summed E-state index contributed by atoms with van der Waals surface area (Å²) in [5, 5.41) is 4.78. The number of para-hydroxylation sites is 1. The molecule has 1 N–H and O–H groups in total. The molecule has 4 heteroatoms. The van der Waals surface area contributed by atoms with Crippen molar-refractivity contribution in [2.75, 3.05) is 26.2 Å². The van der Waals surface area contributed by atoms with E-state index in [0.29, 0.717) is 6.04 Å². The van der Waals surface area contributed by atoms with Crippen LogP contribution in [-0.4, -0.2) is 36.1 Å². The lowest BCUT2D eigenvalue weighted by atomic mass is 9.98. The number of aromatic nitrogens is 1. The highest BCUT2D eigenvalue weighted by Crippen LogP contribution is 2.30. The van der Waals surface area contributed by atoms with E-state index >= 15 is 0 Å². The summed E-state index contributed by atoms with van der Waals surface area (Å²) in [6, 6.07) is 8.87. The number of rotatable bonds is 5. The number of piperidine rings is 1. The molecule has 2 aromatic rings. The third kappa shape index (κ3) is 3.44. The fourth-order valence-electron chi connectivity index (χ4n) is 3.20. The zero-order valence-corrected chi connectivity index (χ0v) is 13.8. The summed E-state index contributed by atoms with van der Waals surface area (Å²) in [6.07, 6.45) is 2.67. The Morgan fingerprint density at radius 3 is 3.00 bits per heavy atom. The fraction of sp³-hybridized carbons (Fsp3) is 0.588. The SMILES string of the molecule is CCN(CC1CCCNC1)C(C)c1nc2ccccc2s1. The Morgan fingerprint density at radius 1 is 1.43 bits per heavy atom. The molecule has 3 rings (SSSR count). The number of nitrogens with one attached hydrogen (secondary N) is 1. The van der Waals surface area contributed by atoms with E-state index in [9.17, 15) is 0 Å². The first-order valence-corrected chi connectivity index (χ1v) is 8.89. The number of hydrogen-bond donors (Lipinski definition) is 1. The van der Waals surface area contributed by atoms with E-state index in [2.05, 4.69) is 48.3 Å². The third-order valence-electron chi connectivity index (χ3n) is 4.51. The largest absolute Gasteiger partial charge is 0.316 e. The van der Waals surface area contributed by atoms with E-state index in [1.165, 1.54) is 42.2 Å². The van der Waals surface area contributed by atoms with E-state index in [4.69, 9.17) is 4.98 Å². The lowest BCUT2D eigenvalue weighted by Crippen LogP contribution is -2.39. The highest BCUT2D eigenvalue weighted by atomic mass is 32.1. The second-order valence-electron chi connectivity index (χ2n) is 6.00. The Morgan fingerprint density at radius 2 is 2.29 bits per heavy atom. The molecule has 2 unspecified atom stereocenters. The summed E-state index contributed by atoms with van der Waals surface area (Å²) < 4.78 is 1.30. The van der Waals surface area contributed by atoms with Crippen LogP contribution in [0.15, 0.2) is 24.3 Å². The van der Waals surface area contributed by atoms with Gasteiger partial charge in [0.2, 0.25) is 0 Å². The molecule has 0 saturated carbocycles. The first-order chi connectivity index (χ1) is 10.3. The van der Waals surface area contributed by atoms with Crippen LogP contribution in [0.3, 0.4) is 0 Å². The average molecular weight is 303 g/mol. The molecule has 1 aromatic heterocycles. The van der Waals surface area contributed by atoms with E-state index in [1.54, 1.807) is 0 Å². The molecule has 3 nitrogen and oxygen atoms in total. The maximum absolute atomic E-state index is 4.84. The van der Waals surface area contributed by atoms with Crippen LogP contribution in [0, 0.1) is 5.92 Å². The maximum atomic E-state index is 4.84. The Kier molecular flexibility index (Phi) is 4.88. The standard InChI is InChI=1S/C17H25N3S/c1-3-20(12-14-7-6-10-18-11-14)13(2)17-19-15-8-4-5-9-16(15)21-17/h4-5,8-9,13-14,18H,3,6-7,10-12H2,1-2H3. The van der Waals surface area contributed by atoms with Crippen molar-refractivity contribution in [3.8, 4) is 0 Å². The maximum Gasteiger partial charge on any atom is 0.111 e. The number of nitrogens with zero attached hydrogens (tertiary/aromatic N) is 2. The monoisotopic (exact) mass is 303 g/mol. The number of thiazole rings is 1. The Hall–Kier alpha value is -0.970. The van der Waals surface area contributed by atoms with Crippen molar-refractivity contribution in [2.45, 2.75) is 32.7 Å². The first-order valence-electron chi connectivity index (χ1n) is 8.08. The molecule has 114 valence electrons. The molecule has 1 aliphatic rings. The van der Waals surface area contributed by atoms with Gasteiger partial charge in [0.05, 0.1) is 16.3 Å². The number of fused-ring (bicyclic) bond motifs is 1. The number of hydrogen-bond acceptors (Lipinski definition) is 4. The molecule has 0 aliphatic carbocycles. The van der Waals surface area contributed by atoms with Crippen molar-refractivity contribution in [1.29, 1.82) is 0 Å². The van der Waals surface area contributed by atoms with E-state index in [-0.39, 0.29) is 0 Å². The average Bonchev–Trinajstić information content (AvgIpc) is 2.97. The second kappa shape index (κ2) is 6.86. The van der Waals surface area contributed by atoms with Gasteiger partial charge in [-0.25, -0.2) is 4.98 Å². The molecule has 21 heavy (non-hydrogen) atoms. The van der Waals surface area contributed by atoms with Crippen molar-refractivity contribution < 1.29 is 0 Å². The summed E-state index contributed by atoms with van der Waals surface area (Å²) in [5.74, 6) is 0.788. The molecule has 1 fully saturated rings. The lowest BCUT2D eigenvalue weighted by molar-refractivity contribution is 0.171. The summed E-state index contributed by atoms with van der Waals surface area (Å²) >= 11 is 1.84. The van der Waals surface area contributed by atoms with Gasteiger partial charge in [0.1, 0.15) is 5.01 Å². The van der Waals surface area contributed by atoms with E-state index < -0.39 is 0 Å². The number of benzene rings is 1. The van der Waals surface area contributed by atoms with Gasteiger partial charge in [-0.1, -0.05) is 19.1 Å². The normalized spacial score (nSPS) is 21.0. The Bertz CT molecular complexity index is 541. The highest BCUT2D eigenvalue weighted by molar-refractivity contribution is 7.18. The van der Waals surface area contributed by atoms with Crippen molar-refractivity contribution in [1.82, 2.24) is 15.2 Å². The van der Waals surface area contributed by atoms with Crippen LogP contribution >= 0.6 is 11.3 Å². The minimum Gasteiger partial charge on any atom is -0.316 e. The van der Waals surface area contributed by atoms with Gasteiger partial charge >= 0.3 is 0 Å². The van der Waals surface area contributed by atoms with Gasteiger partial charge in [-0.15, -0.1) is 11.3 Å². The first kappa shape index (κ1) is 14.9. The van der Waals surface area contributed by atoms with Crippen LogP contribution in [0.25, 0.3) is 10.2 Å². The molecule has 0 amide bonds. The lowest BCUT2D eigenvalue weighted by Gasteiger charge is -2.32. The molecule has 2 atom stereocenters. The van der Waals surface area contributed by atoms with Gasteiger partial charge in [0, 0.05) is 6.54 Å². The quantitative estimate of drug-likeness (QED) is 0.913. The van der Waals surface area contributed by atoms with Crippen LogP contribution in [0.1, 0.15) is 37.7 Å². The third-order valence-corrected chi connectivity index (χ3v) is 5.72. The second-order valence-corrected chi connectivity index (χ2v) is 7.06. The summed E-state index contributed by atoms with van der Waals surface area (Å²) in [7, 11) is 0. The van der Waals surface area contributed by atoms with Gasteiger partial charge < -0.3 is 5.32 Å². The highest BCUT2D eigenvalue weighted by Gasteiger charge is 2.22. The van der Waals surface area contributed by atoms with E-state index in [1.807, 2.05) is 11.3 Å². The minimum absolute atomic E-state index is 0.411. The van der Waals surface area contributed by atoms with Crippen LogP contribution in [-0.2, 0) is 0 Å². The van der Waals surface area contributed by atoms with Crippen molar-refractivity contribution in [3.63, 3.8) is 0 Å². The van der Waals surface area contributed by atoms with Crippen LogP contribution in [0.4, 0.5) is 0 Å². The predicted octanol–water partition coefficient (Wildman–Crippen LogP) is 3.68. The van der Waals surface area contributed by atoms with Crippen LogP contribution in [0.5, 0.6) is 0 Å². The molecular weight excluding hydrogens is 278 g/mol. The van der Waals surface area contributed by atoms with Gasteiger partial charge in [-0.3, -0.25) is 4.90 Å². The smallest absolute Gasteiger partial charge is 0.111 e. The molecule has 1 aromatic carbocycles. The van der Waals surface area contributed by atoms with Crippen molar-refractivity contribution >= 4 is 21.6 Å². The van der Waals surface area contributed by atoms with Gasteiger partial charge in [0.25, 0.3) is 0 Å². The molecule has 0 bridgehead atoms. The Balaban J connectivity index is 1.72.